The molecule has 0 saturated carbocycles. The molecule has 0 radical (unpaired) electrons. The van der Waals surface area contributed by atoms with Gasteiger partial charge in [0.25, 0.3) is 5.91 Å². The van der Waals surface area contributed by atoms with Crippen molar-refractivity contribution in [2.75, 3.05) is 6.54 Å². The average Bonchev–Trinajstić information content (AvgIpc) is 3.14. The predicted octanol–water partition coefficient (Wildman–Crippen LogP) is 2.85. The van der Waals surface area contributed by atoms with Gasteiger partial charge >= 0.3 is 12.1 Å². The van der Waals surface area contributed by atoms with Crippen LogP contribution in [0.4, 0.5) is 13.2 Å². The molecule has 2 aromatic rings. The first kappa shape index (κ1) is 20.8. The minimum absolute atomic E-state index is 0.160. The van der Waals surface area contributed by atoms with E-state index in [1.807, 2.05) is 0 Å². The van der Waals surface area contributed by atoms with E-state index in [1.54, 1.807) is 18.2 Å². The normalized spacial score (nSPS) is 19.9. The Morgan fingerprint density at radius 2 is 1.59 bits per heavy atom. The third kappa shape index (κ3) is 3.98. The van der Waals surface area contributed by atoms with Gasteiger partial charge in [-0.2, -0.15) is 13.2 Å². The smallest absolute Gasteiger partial charge is 0.417 e. The number of likely N-dealkylation sites (tertiary alicyclic amines) is 1. The molecule has 1 amide bonds. The van der Waals surface area contributed by atoms with Gasteiger partial charge < -0.3 is 10.0 Å². The van der Waals surface area contributed by atoms with Crippen LogP contribution in [0.2, 0.25) is 0 Å². The Labute approximate surface area is 164 Å². The van der Waals surface area contributed by atoms with Crippen LogP contribution in [0.3, 0.4) is 0 Å². The average molecular weight is 427 g/mol. The number of benzene rings is 2. The second kappa shape index (κ2) is 7.51. The number of halogens is 3. The van der Waals surface area contributed by atoms with Gasteiger partial charge in [-0.25, -0.2) is 13.2 Å². The Kier molecular flexibility index (Phi) is 5.40. The molecule has 1 aliphatic rings. The molecule has 0 bridgehead atoms. The fourth-order valence-electron chi connectivity index (χ4n) is 3.36. The van der Waals surface area contributed by atoms with E-state index in [2.05, 4.69) is 0 Å². The monoisotopic (exact) mass is 427 g/mol. The molecule has 2 atom stereocenters. The number of carboxylic acid groups (broad SMARTS) is 1. The first-order valence-electron chi connectivity index (χ1n) is 8.52. The van der Waals surface area contributed by atoms with Gasteiger partial charge in [0.2, 0.25) is 0 Å². The van der Waals surface area contributed by atoms with Crippen LogP contribution in [-0.4, -0.2) is 48.1 Å². The molecule has 0 spiro atoms. The summed E-state index contributed by atoms with van der Waals surface area (Å²) in [5.74, 6) is -2.11. The second-order valence-electron chi connectivity index (χ2n) is 6.57. The highest BCUT2D eigenvalue weighted by atomic mass is 32.2. The van der Waals surface area contributed by atoms with Gasteiger partial charge in [0, 0.05) is 12.1 Å². The molecule has 1 saturated heterocycles. The number of aliphatic carboxylic acids is 1. The zero-order valence-electron chi connectivity index (χ0n) is 14.8. The molecule has 29 heavy (non-hydrogen) atoms. The number of carboxylic acids is 1. The Bertz CT molecular complexity index is 1040. The number of hydrogen-bond donors (Lipinski definition) is 1. The molecule has 6 nitrogen and oxygen atoms in total. The van der Waals surface area contributed by atoms with Crippen molar-refractivity contribution in [1.82, 2.24) is 4.90 Å². The fourth-order valence-corrected chi connectivity index (χ4v) is 5.27. The summed E-state index contributed by atoms with van der Waals surface area (Å²) in [6.45, 7) is -0.515. The Balaban J connectivity index is 1.99. The largest absolute Gasteiger partial charge is 0.480 e. The summed E-state index contributed by atoms with van der Waals surface area (Å²) < 4.78 is 65.7. The van der Waals surface area contributed by atoms with Gasteiger partial charge in [-0.3, -0.25) is 4.79 Å². The summed E-state index contributed by atoms with van der Waals surface area (Å²) in [6.07, 6.45) is -5.39. The number of carbonyl (C=O) groups is 2. The summed E-state index contributed by atoms with van der Waals surface area (Å²) in [5.41, 5.74) is -1.16. The van der Waals surface area contributed by atoms with E-state index in [1.165, 1.54) is 18.2 Å². The standard InChI is InChI=1S/C19H16F3NO5S/c20-19(21,22)14-8-4-5-9-16(14)29(27,28)13-10-15(18(25)26)23(11-13)17(24)12-6-2-1-3-7-12/h1-9,13,15H,10-11H2,(H,25,26)/t13-,15+/m1/s1. The zero-order valence-corrected chi connectivity index (χ0v) is 15.7. The minimum atomic E-state index is -4.89. The highest BCUT2D eigenvalue weighted by molar-refractivity contribution is 7.92. The van der Waals surface area contributed by atoms with Gasteiger partial charge in [0.1, 0.15) is 6.04 Å². The number of carbonyl (C=O) groups excluding carboxylic acids is 1. The molecule has 3 rings (SSSR count). The molecule has 0 unspecified atom stereocenters. The summed E-state index contributed by atoms with van der Waals surface area (Å²) >= 11 is 0. The summed E-state index contributed by atoms with van der Waals surface area (Å²) in [6, 6.07) is 9.94. The van der Waals surface area contributed by atoms with E-state index in [-0.39, 0.29) is 5.56 Å². The van der Waals surface area contributed by atoms with Crippen molar-refractivity contribution in [1.29, 1.82) is 0 Å². The van der Waals surface area contributed by atoms with E-state index < -0.39 is 62.6 Å². The lowest BCUT2D eigenvalue weighted by molar-refractivity contribution is -0.141. The summed E-state index contributed by atoms with van der Waals surface area (Å²) in [4.78, 5) is 24.3. The van der Waals surface area contributed by atoms with Gasteiger partial charge in [0.05, 0.1) is 15.7 Å². The number of sulfone groups is 1. The Hall–Kier alpha value is -2.88. The zero-order chi connectivity index (χ0) is 21.4. The van der Waals surface area contributed by atoms with Crippen LogP contribution in [0.1, 0.15) is 22.3 Å². The van der Waals surface area contributed by atoms with E-state index >= 15 is 0 Å². The number of hydrogen-bond acceptors (Lipinski definition) is 4. The van der Waals surface area contributed by atoms with Crippen molar-refractivity contribution in [2.45, 2.75) is 28.8 Å². The Morgan fingerprint density at radius 1 is 1.00 bits per heavy atom. The molecule has 1 fully saturated rings. The SMILES string of the molecule is O=C(O)[C@@H]1C[C@@H](S(=O)(=O)c2ccccc2C(F)(F)F)CN1C(=O)c1ccccc1. The second-order valence-corrected chi connectivity index (χ2v) is 8.77. The van der Waals surface area contributed by atoms with Crippen LogP contribution in [-0.2, 0) is 20.8 Å². The van der Waals surface area contributed by atoms with Gasteiger partial charge in [-0.05, 0) is 30.7 Å². The highest BCUT2D eigenvalue weighted by Gasteiger charge is 2.47. The van der Waals surface area contributed by atoms with Crippen LogP contribution >= 0.6 is 0 Å². The number of amides is 1. The molecule has 1 N–H and O–H groups in total. The van der Waals surface area contributed by atoms with Crippen molar-refractivity contribution in [3.63, 3.8) is 0 Å². The van der Waals surface area contributed by atoms with Crippen LogP contribution in [0.25, 0.3) is 0 Å². The van der Waals surface area contributed by atoms with E-state index in [4.69, 9.17) is 0 Å². The first-order valence-corrected chi connectivity index (χ1v) is 10.1. The van der Waals surface area contributed by atoms with E-state index in [9.17, 15) is 36.3 Å². The molecule has 1 aliphatic heterocycles. The third-order valence-corrected chi connectivity index (χ3v) is 6.96. The van der Waals surface area contributed by atoms with Crippen molar-refractivity contribution in [3.05, 3.63) is 65.7 Å². The number of alkyl halides is 3. The van der Waals surface area contributed by atoms with Crippen molar-refractivity contribution >= 4 is 21.7 Å². The molecule has 10 heteroatoms. The van der Waals surface area contributed by atoms with Crippen LogP contribution < -0.4 is 0 Å². The topological polar surface area (TPSA) is 91.8 Å². The molecule has 2 aromatic carbocycles. The lowest BCUT2D eigenvalue weighted by Crippen LogP contribution is -2.40. The molecule has 1 heterocycles. The quantitative estimate of drug-likeness (QED) is 0.810. The molecule has 0 aromatic heterocycles. The number of rotatable bonds is 4. The Morgan fingerprint density at radius 3 is 2.17 bits per heavy atom. The lowest BCUT2D eigenvalue weighted by Gasteiger charge is -2.21. The van der Waals surface area contributed by atoms with Crippen molar-refractivity contribution < 1.29 is 36.3 Å². The third-order valence-electron chi connectivity index (χ3n) is 4.77. The van der Waals surface area contributed by atoms with Crippen molar-refractivity contribution in [2.24, 2.45) is 0 Å². The highest BCUT2D eigenvalue weighted by Crippen LogP contribution is 2.37. The van der Waals surface area contributed by atoms with E-state index in [0.29, 0.717) is 6.07 Å². The maximum absolute atomic E-state index is 13.3. The van der Waals surface area contributed by atoms with Gasteiger partial charge in [-0.15, -0.1) is 0 Å². The molecular weight excluding hydrogens is 411 g/mol. The van der Waals surface area contributed by atoms with Crippen LogP contribution in [0.5, 0.6) is 0 Å². The maximum atomic E-state index is 13.3. The van der Waals surface area contributed by atoms with Crippen LogP contribution in [0.15, 0.2) is 59.5 Å². The number of nitrogens with zero attached hydrogens (tertiary/aromatic N) is 1. The molecule has 0 aliphatic carbocycles. The maximum Gasteiger partial charge on any atom is 0.417 e. The van der Waals surface area contributed by atoms with E-state index in [0.717, 1.165) is 17.0 Å². The van der Waals surface area contributed by atoms with Gasteiger partial charge in [0.15, 0.2) is 9.84 Å². The summed E-state index contributed by atoms with van der Waals surface area (Å²) in [7, 11) is -4.54. The van der Waals surface area contributed by atoms with Crippen molar-refractivity contribution in [3.8, 4) is 0 Å². The molecule has 154 valence electrons. The lowest BCUT2D eigenvalue weighted by atomic mass is 10.1. The van der Waals surface area contributed by atoms with Crippen LogP contribution in [0, 0.1) is 0 Å². The summed E-state index contributed by atoms with van der Waals surface area (Å²) in [5, 5.41) is 7.98. The first-order chi connectivity index (χ1) is 13.5. The molecular formula is C19H16F3NO5S. The van der Waals surface area contributed by atoms with Gasteiger partial charge in [-0.1, -0.05) is 30.3 Å². The minimum Gasteiger partial charge on any atom is -0.480 e. The fraction of sp³-hybridized carbons (Fsp3) is 0.263. The predicted molar refractivity (Wildman–Crippen MR) is 95.9 cm³/mol.